The third-order valence-electron chi connectivity index (χ3n) is 2.41. The first kappa shape index (κ1) is 13.1. The van der Waals surface area contributed by atoms with E-state index in [4.69, 9.17) is 9.15 Å². The van der Waals surface area contributed by atoms with E-state index in [-0.39, 0.29) is 5.89 Å². The van der Waals surface area contributed by atoms with Gasteiger partial charge in [-0.1, -0.05) is 12.1 Å². The standard InChI is InChI=1S/C14H16N2O3/c1-4-18-14(17)10(9-16(2)3)13-15-11-7-5-6-8-12(11)19-13/h5-9H,4H2,1-3H3/b10-9-. The Morgan fingerprint density at radius 2 is 2.16 bits per heavy atom. The molecule has 0 bridgehead atoms. The summed E-state index contributed by atoms with van der Waals surface area (Å²) in [4.78, 5) is 18.0. The summed E-state index contributed by atoms with van der Waals surface area (Å²) in [7, 11) is 3.64. The minimum absolute atomic E-state index is 0.272. The molecule has 5 nitrogen and oxygen atoms in total. The number of rotatable bonds is 4. The second-order valence-electron chi connectivity index (χ2n) is 4.21. The van der Waals surface area contributed by atoms with E-state index in [1.165, 1.54) is 0 Å². The Hall–Kier alpha value is -2.30. The van der Waals surface area contributed by atoms with Crippen LogP contribution in [0.5, 0.6) is 0 Å². The summed E-state index contributed by atoms with van der Waals surface area (Å²) in [5.41, 5.74) is 1.67. The van der Waals surface area contributed by atoms with Crippen LogP contribution >= 0.6 is 0 Å². The first-order valence-electron chi connectivity index (χ1n) is 6.03. The molecule has 0 saturated heterocycles. The molecule has 1 aromatic heterocycles. The van der Waals surface area contributed by atoms with Gasteiger partial charge in [0, 0.05) is 20.3 Å². The Bertz CT molecular complexity index is 581. The molecule has 0 unspecified atom stereocenters. The molecule has 2 aromatic rings. The topological polar surface area (TPSA) is 55.6 Å². The lowest BCUT2D eigenvalue weighted by Crippen LogP contribution is -2.11. The van der Waals surface area contributed by atoms with Gasteiger partial charge in [-0.05, 0) is 19.1 Å². The Kier molecular flexibility index (Phi) is 3.85. The van der Waals surface area contributed by atoms with Gasteiger partial charge in [0.25, 0.3) is 0 Å². The largest absolute Gasteiger partial charge is 0.462 e. The van der Waals surface area contributed by atoms with Crippen LogP contribution in [0.25, 0.3) is 16.7 Å². The summed E-state index contributed by atoms with van der Waals surface area (Å²) in [6.07, 6.45) is 1.64. The zero-order valence-corrected chi connectivity index (χ0v) is 11.2. The zero-order valence-electron chi connectivity index (χ0n) is 11.2. The number of fused-ring (bicyclic) bond motifs is 1. The highest BCUT2D eigenvalue weighted by Gasteiger charge is 2.19. The number of aromatic nitrogens is 1. The molecule has 5 heteroatoms. The number of ether oxygens (including phenoxy) is 1. The lowest BCUT2D eigenvalue weighted by atomic mass is 10.3. The molecule has 2 rings (SSSR count). The van der Waals surface area contributed by atoms with E-state index < -0.39 is 5.97 Å². The van der Waals surface area contributed by atoms with E-state index in [0.29, 0.717) is 23.3 Å². The number of benzene rings is 1. The summed E-state index contributed by atoms with van der Waals surface area (Å²) >= 11 is 0. The van der Waals surface area contributed by atoms with E-state index in [1.807, 2.05) is 38.4 Å². The molecule has 1 aromatic carbocycles. The van der Waals surface area contributed by atoms with Crippen molar-refractivity contribution in [2.45, 2.75) is 6.92 Å². The SMILES string of the molecule is CCOC(=O)/C(=C\N(C)C)c1nc2ccccc2o1. The lowest BCUT2D eigenvalue weighted by Gasteiger charge is -2.08. The van der Waals surface area contributed by atoms with Crippen molar-refractivity contribution in [1.29, 1.82) is 0 Å². The molecule has 19 heavy (non-hydrogen) atoms. The van der Waals surface area contributed by atoms with Gasteiger partial charge in [0.1, 0.15) is 11.1 Å². The Morgan fingerprint density at radius 3 is 2.79 bits per heavy atom. The van der Waals surface area contributed by atoms with Crippen LogP contribution in [0.2, 0.25) is 0 Å². The monoisotopic (exact) mass is 260 g/mol. The van der Waals surface area contributed by atoms with Crippen molar-refractivity contribution in [3.05, 3.63) is 36.4 Å². The van der Waals surface area contributed by atoms with Crippen molar-refractivity contribution in [1.82, 2.24) is 9.88 Å². The summed E-state index contributed by atoms with van der Waals surface area (Å²) < 4.78 is 10.6. The van der Waals surface area contributed by atoms with Crippen molar-refractivity contribution < 1.29 is 13.9 Å². The molecule has 0 radical (unpaired) electrons. The van der Waals surface area contributed by atoms with Gasteiger partial charge < -0.3 is 14.1 Å². The molecule has 100 valence electrons. The molecule has 0 saturated carbocycles. The van der Waals surface area contributed by atoms with E-state index in [1.54, 1.807) is 18.0 Å². The molecule has 0 atom stereocenters. The molecule has 0 amide bonds. The first-order valence-corrected chi connectivity index (χ1v) is 6.03. The predicted octanol–water partition coefficient (Wildman–Crippen LogP) is 2.29. The lowest BCUT2D eigenvalue weighted by molar-refractivity contribution is -0.136. The molecule has 0 N–H and O–H groups in total. The van der Waals surface area contributed by atoms with Gasteiger partial charge in [-0.25, -0.2) is 9.78 Å². The fourth-order valence-corrected chi connectivity index (χ4v) is 1.65. The highest BCUT2D eigenvalue weighted by atomic mass is 16.5. The average molecular weight is 260 g/mol. The summed E-state index contributed by atoms with van der Waals surface area (Å²) in [5, 5.41) is 0. The third kappa shape index (κ3) is 2.93. The number of carbonyl (C=O) groups is 1. The van der Waals surface area contributed by atoms with Crippen LogP contribution < -0.4 is 0 Å². The second-order valence-corrected chi connectivity index (χ2v) is 4.21. The average Bonchev–Trinajstić information content (AvgIpc) is 2.79. The van der Waals surface area contributed by atoms with E-state index in [0.717, 1.165) is 0 Å². The van der Waals surface area contributed by atoms with Crippen molar-refractivity contribution in [3.8, 4) is 0 Å². The number of para-hydroxylation sites is 2. The van der Waals surface area contributed by atoms with Crippen molar-refractivity contribution in [2.24, 2.45) is 0 Å². The van der Waals surface area contributed by atoms with Crippen LogP contribution in [0.3, 0.4) is 0 Å². The second kappa shape index (κ2) is 5.56. The minimum Gasteiger partial charge on any atom is -0.462 e. The van der Waals surface area contributed by atoms with Gasteiger partial charge in [0.05, 0.1) is 6.61 Å². The molecular weight excluding hydrogens is 244 g/mol. The Balaban J connectivity index is 2.45. The van der Waals surface area contributed by atoms with Gasteiger partial charge in [-0.2, -0.15) is 0 Å². The van der Waals surface area contributed by atoms with E-state index in [2.05, 4.69) is 4.98 Å². The van der Waals surface area contributed by atoms with Gasteiger partial charge >= 0.3 is 5.97 Å². The molecule has 0 aliphatic heterocycles. The molecule has 0 aliphatic rings. The summed E-state index contributed by atoms with van der Waals surface area (Å²) in [6.45, 7) is 2.07. The smallest absolute Gasteiger partial charge is 0.345 e. The molecule has 0 fully saturated rings. The number of oxazole rings is 1. The maximum Gasteiger partial charge on any atom is 0.345 e. The molecule has 1 heterocycles. The highest BCUT2D eigenvalue weighted by Crippen LogP contribution is 2.22. The Morgan fingerprint density at radius 1 is 1.42 bits per heavy atom. The summed E-state index contributed by atoms with van der Waals surface area (Å²) in [6, 6.07) is 7.37. The number of nitrogens with zero attached hydrogens (tertiary/aromatic N) is 2. The number of hydrogen-bond acceptors (Lipinski definition) is 5. The van der Waals surface area contributed by atoms with Crippen LogP contribution in [0, 0.1) is 0 Å². The van der Waals surface area contributed by atoms with Crippen molar-refractivity contribution in [3.63, 3.8) is 0 Å². The fourth-order valence-electron chi connectivity index (χ4n) is 1.65. The molecular formula is C14H16N2O3. The van der Waals surface area contributed by atoms with E-state index >= 15 is 0 Å². The molecule has 0 aliphatic carbocycles. The van der Waals surface area contributed by atoms with Gasteiger partial charge in [-0.15, -0.1) is 0 Å². The highest BCUT2D eigenvalue weighted by molar-refractivity contribution is 6.15. The van der Waals surface area contributed by atoms with Gasteiger partial charge in [0.2, 0.25) is 5.89 Å². The number of esters is 1. The Labute approximate surface area is 111 Å². The number of carbonyl (C=O) groups excluding carboxylic acids is 1. The quantitative estimate of drug-likeness (QED) is 0.623. The first-order chi connectivity index (χ1) is 9.11. The normalized spacial score (nSPS) is 11.6. The summed E-state index contributed by atoms with van der Waals surface area (Å²) in [5.74, 6) is -0.170. The minimum atomic E-state index is -0.442. The van der Waals surface area contributed by atoms with Gasteiger partial charge in [0.15, 0.2) is 5.58 Å². The predicted molar refractivity (Wildman–Crippen MR) is 72.3 cm³/mol. The maximum atomic E-state index is 11.9. The molecule has 0 spiro atoms. The van der Waals surface area contributed by atoms with Crippen molar-refractivity contribution in [2.75, 3.05) is 20.7 Å². The number of hydrogen-bond donors (Lipinski definition) is 0. The van der Waals surface area contributed by atoms with Crippen LogP contribution in [0.15, 0.2) is 34.9 Å². The maximum absolute atomic E-state index is 11.9. The van der Waals surface area contributed by atoms with Crippen LogP contribution in [-0.2, 0) is 9.53 Å². The zero-order chi connectivity index (χ0) is 13.8. The van der Waals surface area contributed by atoms with Gasteiger partial charge in [-0.3, -0.25) is 0 Å². The van der Waals surface area contributed by atoms with E-state index in [9.17, 15) is 4.79 Å². The fraction of sp³-hybridized carbons (Fsp3) is 0.286. The van der Waals surface area contributed by atoms with Crippen LogP contribution in [0.4, 0.5) is 0 Å². The van der Waals surface area contributed by atoms with Crippen LogP contribution in [-0.4, -0.2) is 36.6 Å². The van der Waals surface area contributed by atoms with Crippen molar-refractivity contribution >= 4 is 22.6 Å². The van der Waals surface area contributed by atoms with Crippen LogP contribution in [0.1, 0.15) is 12.8 Å². The third-order valence-corrected chi connectivity index (χ3v) is 2.41.